The molecule has 1 spiro atoms. The molecule has 1 amide bonds. The van der Waals surface area contributed by atoms with E-state index in [0.717, 1.165) is 51.0 Å². The van der Waals surface area contributed by atoms with Crippen LogP contribution in [-0.4, -0.2) is 46.9 Å². The average molecular weight is 361 g/mol. The van der Waals surface area contributed by atoms with Gasteiger partial charge in [-0.05, 0) is 43.0 Å². The number of benzene rings is 1. The van der Waals surface area contributed by atoms with Gasteiger partial charge < -0.3 is 4.90 Å². The standard InChI is InChI=1S/C23H27N3O/c27-22-23(11-6-15-26(22)18-21-9-4-13-24-17-21)12-16-25(19-23)14-5-10-20-7-2-1-3-8-20/h1-5,7-10,13,17H,6,11-12,14-16,18-19H2/b10-5+. The highest BCUT2D eigenvalue weighted by atomic mass is 16.2. The van der Waals surface area contributed by atoms with Gasteiger partial charge in [-0.25, -0.2) is 0 Å². The number of carbonyl (C=O) groups excluding carboxylic acids is 1. The second-order valence-electron chi connectivity index (χ2n) is 7.77. The molecule has 1 unspecified atom stereocenters. The van der Waals surface area contributed by atoms with Crippen molar-refractivity contribution in [2.24, 2.45) is 5.41 Å². The van der Waals surface area contributed by atoms with Crippen molar-refractivity contribution in [1.29, 1.82) is 0 Å². The Hall–Kier alpha value is -2.46. The largest absolute Gasteiger partial charge is 0.338 e. The lowest BCUT2D eigenvalue weighted by atomic mass is 9.78. The Balaban J connectivity index is 1.37. The molecule has 1 atom stereocenters. The molecule has 4 rings (SSSR count). The molecule has 0 saturated carbocycles. The first kappa shape index (κ1) is 17.9. The number of hydrogen-bond acceptors (Lipinski definition) is 3. The maximum atomic E-state index is 13.3. The van der Waals surface area contributed by atoms with Crippen LogP contribution in [0.3, 0.4) is 0 Å². The number of carbonyl (C=O) groups is 1. The minimum absolute atomic E-state index is 0.180. The van der Waals surface area contributed by atoms with E-state index in [0.29, 0.717) is 12.5 Å². The van der Waals surface area contributed by atoms with Crippen molar-refractivity contribution < 1.29 is 4.79 Å². The highest BCUT2D eigenvalue weighted by molar-refractivity contribution is 5.84. The van der Waals surface area contributed by atoms with Crippen LogP contribution >= 0.6 is 0 Å². The second-order valence-corrected chi connectivity index (χ2v) is 7.77. The van der Waals surface area contributed by atoms with Crippen LogP contribution in [0.1, 0.15) is 30.4 Å². The van der Waals surface area contributed by atoms with Crippen molar-refractivity contribution in [2.75, 3.05) is 26.2 Å². The number of aromatic nitrogens is 1. The maximum absolute atomic E-state index is 13.3. The van der Waals surface area contributed by atoms with Crippen LogP contribution in [-0.2, 0) is 11.3 Å². The van der Waals surface area contributed by atoms with E-state index in [4.69, 9.17) is 0 Å². The summed E-state index contributed by atoms with van der Waals surface area (Å²) < 4.78 is 0. The van der Waals surface area contributed by atoms with Gasteiger partial charge in [0.25, 0.3) is 0 Å². The van der Waals surface area contributed by atoms with Crippen molar-refractivity contribution in [3.8, 4) is 0 Å². The average Bonchev–Trinajstić information content (AvgIpc) is 3.11. The van der Waals surface area contributed by atoms with Crippen LogP contribution in [0.2, 0.25) is 0 Å². The van der Waals surface area contributed by atoms with E-state index in [1.54, 1.807) is 6.20 Å². The second kappa shape index (κ2) is 8.05. The minimum Gasteiger partial charge on any atom is -0.338 e. The van der Waals surface area contributed by atoms with Crippen LogP contribution < -0.4 is 0 Å². The summed E-state index contributed by atoms with van der Waals surface area (Å²) in [6.07, 6.45) is 11.1. The normalized spacial score (nSPS) is 23.6. The smallest absolute Gasteiger partial charge is 0.230 e. The van der Waals surface area contributed by atoms with E-state index in [9.17, 15) is 4.79 Å². The van der Waals surface area contributed by atoms with Gasteiger partial charge in [0.05, 0.1) is 5.41 Å². The van der Waals surface area contributed by atoms with Crippen molar-refractivity contribution in [1.82, 2.24) is 14.8 Å². The van der Waals surface area contributed by atoms with Gasteiger partial charge in [0.2, 0.25) is 5.91 Å². The SMILES string of the molecule is O=C1N(Cc2cccnc2)CCCC12CCN(C/C=C/c1ccccc1)C2. The van der Waals surface area contributed by atoms with E-state index in [-0.39, 0.29) is 5.41 Å². The van der Waals surface area contributed by atoms with Crippen LogP contribution in [0.25, 0.3) is 6.08 Å². The summed E-state index contributed by atoms with van der Waals surface area (Å²) in [6.45, 7) is 4.35. The molecule has 4 nitrogen and oxygen atoms in total. The number of likely N-dealkylation sites (tertiary alicyclic amines) is 2. The Morgan fingerprint density at radius 3 is 2.78 bits per heavy atom. The van der Waals surface area contributed by atoms with E-state index >= 15 is 0 Å². The summed E-state index contributed by atoms with van der Waals surface area (Å²) in [6, 6.07) is 14.4. The molecule has 27 heavy (non-hydrogen) atoms. The van der Waals surface area contributed by atoms with Crippen LogP contribution in [0.5, 0.6) is 0 Å². The first-order valence-corrected chi connectivity index (χ1v) is 9.87. The van der Waals surface area contributed by atoms with Gasteiger partial charge in [-0.1, -0.05) is 48.6 Å². The predicted molar refractivity (Wildman–Crippen MR) is 108 cm³/mol. The summed E-state index contributed by atoms with van der Waals surface area (Å²) in [4.78, 5) is 21.9. The molecule has 0 N–H and O–H groups in total. The molecule has 2 aliphatic rings. The molecule has 1 aromatic carbocycles. The number of rotatable bonds is 5. The van der Waals surface area contributed by atoms with Gasteiger partial charge in [0.15, 0.2) is 0 Å². The molecule has 0 bridgehead atoms. The molecule has 0 radical (unpaired) electrons. The van der Waals surface area contributed by atoms with E-state index < -0.39 is 0 Å². The number of amides is 1. The molecule has 3 heterocycles. The van der Waals surface area contributed by atoms with Gasteiger partial charge in [0, 0.05) is 38.6 Å². The van der Waals surface area contributed by atoms with Crippen molar-refractivity contribution >= 4 is 12.0 Å². The van der Waals surface area contributed by atoms with Crippen LogP contribution in [0, 0.1) is 5.41 Å². The lowest BCUT2D eigenvalue weighted by molar-refractivity contribution is -0.146. The summed E-state index contributed by atoms with van der Waals surface area (Å²) >= 11 is 0. The molecular weight excluding hydrogens is 334 g/mol. The van der Waals surface area contributed by atoms with Gasteiger partial charge in [0.1, 0.15) is 0 Å². The summed E-state index contributed by atoms with van der Waals surface area (Å²) in [5.41, 5.74) is 2.16. The number of hydrogen-bond donors (Lipinski definition) is 0. The third-order valence-corrected chi connectivity index (χ3v) is 5.83. The summed E-state index contributed by atoms with van der Waals surface area (Å²) in [5.74, 6) is 0.340. The van der Waals surface area contributed by atoms with Gasteiger partial charge in [-0.2, -0.15) is 0 Å². The van der Waals surface area contributed by atoms with Crippen LogP contribution in [0.15, 0.2) is 60.9 Å². The van der Waals surface area contributed by atoms with E-state index in [1.807, 2.05) is 23.2 Å². The van der Waals surface area contributed by atoms with Crippen molar-refractivity contribution in [3.05, 3.63) is 72.1 Å². The van der Waals surface area contributed by atoms with Crippen molar-refractivity contribution in [3.63, 3.8) is 0 Å². The predicted octanol–water partition coefficient (Wildman–Crippen LogP) is 3.61. The zero-order valence-corrected chi connectivity index (χ0v) is 15.8. The third-order valence-electron chi connectivity index (χ3n) is 5.83. The fourth-order valence-corrected chi connectivity index (χ4v) is 4.41. The quantitative estimate of drug-likeness (QED) is 0.816. The monoisotopic (exact) mass is 361 g/mol. The topological polar surface area (TPSA) is 36.4 Å². The maximum Gasteiger partial charge on any atom is 0.230 e. The van der Waals surface area contributed by atoms with Gasteiger partial charge in [-0.15, -0.1) is 0 Å². The fourth-order valence-electron chi connectivity index (χ4n) is 4.41. The van der Waals surface area contributed by atoms with E-state index in [1.165, 1.54) is 5.56 Å². The Morgan fingerprint density at radius 1 is 1.07 bits per heavy atom. The highest BCUT2D eigenvalue weighted by Gasteiger charge is 2.47. The zero-order chi connectivity index (χ0) is 18.5. The summed E-state index contributed by atoms with van der Waals surface area (Å²) in [5, 5.41) is 0. The van der Waals surface area contributed by atoms with Gasteiger partial charge >= 0.3 is 0 Å². The Bertz CT molecular complexity index is 790. The Morgan fingerprint density at radius 2 is 1.96 bits per heavy atom. The Labute approximate surface area is 161 Å². The fraction of sp³-hybridized carbons (Fsp3) is 0.391. The molecule has 1 aromatic heterocycles. The summed E-state index contributed by atoms with van der Waals surface area (Å²) in [7, 11) is 0. The highest BCUT2D eigenvalue weighted by Crippen LogP contribution is 2.40. The first-order valence-electron chi connectivity index (χ1n) is 9.87. The molecule has 140 valence electrons. The van der Waals surface area contributed by atoms with Crippen molar-refractivity contribution in [2.45, 2.75) is 25.8 Å². The molecule has 2 aromatic rings. The molecule has 0 aliphatic carbocycles. The Kier molecular flexibility index (Phi) is 5.35. The van der Waals surface area contributed by atoms with E-state index in [2.05, 4.69) is 52.4 Å². The molecule has 4 heteroatoms. The number of piperidine rings is 1. The third kappa shape index (κ3) is 4.11. The molecular formula is C23H27N3O. The van der Waals surface area contributed by atoms with Gasteiger partial charge in [-0.3, -0.25) is 14.7 Å². The molecule has 2 aliphatic heterocycles. The lowest BCUT2D eigenvalue weighted by Gasteiger charge is -2.39. The number of nitrogens with zero attached hydrogens (tertiary/aromatic N) is 3. The minimum atomic E-state index is -0.180. The number of pyridine rings is 1. The zero-order valence-electron chi connectivity index (χ0n) is 15.8. The van der Waals surface area contributed by atoms with Crippen LogP contribution in [0.4, 0.5) is 0 Å². The first-order chi connectivity index (χ1) is 13.3. The molecule has 2 saturated heterocycles. The lowest BCUT2D eigenvalue weighted by Crippen LogP contribution is -2.49. The molecule has 2 fully saturated rings.